The van der Waals surface area contributed by atoms with Crippen LogP contribution in [0.4, 0.5) is 0 Å². The van der Waals surface area contributed by atoms with Crippen LogP contribution in [0.2, 0.25) is 0 Å². The van der Waals surface area contributed by atoms with Crippen molar-refractivity contribution in [3.63, 3.8) is 0 Å². The predicted octanol–water partition coefficient (Wildman–Crippen LogP) is 4.29. The minimum Gasteiger partial charge on any atom is -0.329 e. The van der Waals surface area contributed by atoms with Crippen LogP contribution in [-0.4, -0.2) is 30.1 Å². The summed E-state index contributed by atoms with van der Waals surface area (Å²) < 4.78 is 0. The average Bonchev–Trinajstić information content (AvgIpc) is 2.46. The third-order valence-corrected chi connectivity index (χ3v) is 6.67. The third-order valence-electron chi connectivity index (χ3n) is 6.67. The lowest BCUT2D eigenvalue weighted by atomic mass is 9.66. The van der Waals surface area contributed by atoms with Crippen molar-refractivity contribution in [3.05, 3.63) is 0 Å². The van der Waals surface area contributed by atoms with Crippen LogP contribution in [0.3, 0.4) is 0 Å². The normalized spacial score (nSPS) is 33.6. The summed E-state index contributed by atoms with van der Waals surface area (Å²) in [6.07, 6.45) is 8.12. The van der Waals surface area contributed by atoms with E-state index in [9.17, 15) is 0 Å². The van der Waals surface area contributed by atoms with E-state index in [0.29, 0.717) is 11.0 Å². The standard InChI is InChI=1S/C19H38N2/c1-15(2)16-8-12-21(13-9-16)19(14-20)10-6-17(7-11-19)18(3,4)5/h15-17H,6-14,20H2,1-5H3. The molecule has 2 rings (SSSR count). The molecule has 0 amide bonds. The van der Waals surface area contributed by atoms with Crippen LogP contribution >= 0.6 is 0 Å². The molecule has 1 aliphatic carbocycles. The van der Waals surface area contributed by atoms with Gasteiger partial charge in [0.2, 0.25) is 0 Å². The van der Waals surface area contributed by atoms with Crippen LogP contribution in [0.15, 0.2) is 0 Å². The highest BCUT2D eigenvalue weighted by atomic mass is 15.2. The molecule has 2 nitrogen and oxygen atoms in total. The fourth-order valence-electron chi connectivity index (χ4n) is 4.71. The second-order valence-corrected chi connectivity index (χ2v) is 9.14. The Kier molecular flexibility index (Phi) is 5.41. The van der Waals surface area contributed by atoms with E-state index in [2.05, 4.69) is 39.5 Å². The zero-order valence-corrected chi connectivity index (χ0v) is 15.1. The van der Waals surface area contributed by atoms with Crippen LogP contribution in [-0.2, 0) is 0 Å². The van der Waals surface area contributed by atoms with Gasteiger partial charge >= 0.3 is 0 Å². The predicted molar refractivity (Wildman–Crippen MR) is 92.3 cm³/mol. The molecule has 0 aromatic rings. The molecule has 1 heterocycles. The van der Waals surface area contributed by atoms with Crippen molar-refractivity contribution >= 4 is 0 Å². The number of hydrogen-bond donors (Lipinski definition) is 1. The lowest BCUT2D eigenvalue weighted by Gasteiger charge is -2.52. The van der Waals surface area contributed by atoms with Crippen molar-refractivity contribution in [2.45, 2.75) is 78.7 Å². The molecule has 0 unspecified atom stereocenters. The van der Waals surface area contributed by atoms with Gasteiger partial charge in [0.05, 0.1) is 0 Å². The van der Waals surface area contributed by atoms with Crippen LogP contribution in [0, 0.1) is 23.2 Å². The second-order valence-electron chi connectivity index (χ2n) is 9.14. The maximum atomic E-state index is 6.28. The minimum absolute atomic E-state index is 0.323. The van der Waals surface area contributed by atoms with Crippen molar-refractivity contribution in [1.82, 2.24) is 4.90 Å². The Morgan fingerprint density at radius 3 is 1.95 bits per heavy atom. The molecule has 2 heteroatoms. The maximum Gasteiger partial charge on any atom is 0.0331 e. The molecule has 1 aliphatic heterocycles. The fraction of sp³-hybridized carbons (Fsp3) is 1.00. The molecule has 0 atom stereocenters. The first-order chi connectivity index (χ1) is 9.78. The molecule has 21 heavy (non-hydrogen) atoms. The molecule has 1 saturated heterocycles. The van der Waals surface area contributed by atoms with Gasteiger partial charge < -0.3 is 5.73 Å². The second kappa shape index (κ2) is 6.58. The van der Waals surface area contributed by atoms with Crippen LogP contribution in [0.1, 0.15) is 73.1 Å². The molecule has 2 N–H and O–H groups in total. The Morgan fingerprint density at radius 2 is 1.57 bits per heavy atom. The van der Waals surface area contributed by atoms with E-state index < -0.39 is 0 Å². The molecular formula is C19H38N2. The topological polar surface area (TPSA) is 29.3 Å². The van der Waals surface area contributed by atoms with Gasteiger partial charge in [-0.05, 0) is 74.8 Å². The van der Waals surface area contributed by atoms with Crippen molar-refractivity contribution in [2.24, 2.45) is 28.9 Å². The number of nitrogens with two attached hydrogens (primary N) is 1. The zero-order chi connectivity index (χ0) is 15.7. The first-order valence-corrected chi connectivity index (χ1v) is 9.23. The third kappa shape index (κ3) is 3.82. The monoisotopic (exact) mass is 294 g/mol. The summed E-state index contributed by atoms with van der Waals surface area (Å²) in [4.78, 5) is 2.77. The van der Waals surface area contributed by atoms with Crippen LogP contribution in [0.5, 0.6) is 0 Å². The van der Waals surface area contributed by atoms with Crippen LogP contribution < -0.4 is 5.73 Å². The van der Waals surface area contributed by atoms with Crippen molar-refractivity contribution < 1.29 is 0 Å². The van der Waals surface area contributed by atoms with Gasteiger partial charge in [-0.2, -0.15) is 0 Å². The summed E-state index contributed by atoms with van der Waals surface area (Å²) in [6, 6.07) is 0. The van der Waals surface area contributed by atoms with E-state index in [1.807, 2.05) is 0 Å². The van der Waals surface area contributed by atoms with Gasteiger partial charge in [0.1, 0.15) is 0 Å². The molecule has 2 fully saturated rings. The van der Waals surface area contributed by atoms with E-state index in [-0.39, 0.29) is 0 Å². The SMILES string of the molecule is CC(C)C1CCN(C2(CN)CCC(C(C)(C)C)CC2)CC1. The van der Waals surface area contributed by atoms with Crippen molar-refractivity contribution in [2.75, 3.05) is 19.6 Å². The summed E-state index contributed by atoms with van der Waals surface area (Å²) in [6.45, 7) is 15.4. The first-order valence-electron chi connectivity index (χ1n) is 9.23. The van der Waals surface area contributed by atoms with Crippen molar-refractivity contribution in [1.29, 1.82) is 0 Å². The van der Waals surface area contributed by atoms with Gasteiger partial charge in [0.25, 0.3) is 0 Å². The molecule has 1 saturated carbocycles. The van der Waals surface area contributed by atoms with Gasteiger partial charge in [-0.25, -0.2) is 0 Å². The summed E-state index contributed by atoms with van der Waals surface area (Å²) in [5.41, 5.74) is 7.06. The Balaban J connectivity index is 1.95. The van der Waals surface area contributed by atoms with Gasteiger partial charge in [0, 0.05) is 12.1 Å². The molecule has 0 radical (unpaired) electrons. The lowest BCUT2D eigenvalue weighted by molar-refractivity contribution is -0.00419. The Morgan fingerprint density at radius 1 is 1.05 bits per heavy atom. The number of nitrogens with zero attached hydrogens (tertiary/aromatic N) is 1. The molecule has 0 aromatic carbocycles. The Labute approximate surface area is 132 Å². The zero-order valence-electron chi connectivity index (χ0n) is 15.1. The largest absolute Gasteiger partial charge is 0.329 e. The highest BCUT2D eigenvalue weighted by Gasteiger charge is 2.42. The molecule has 124 valence electrons. The van der Waals surface area contributed by atoms with Gasteiger partial charge in [-0.1, -0.05) is 34.6 Å². The molecular weight excluding hydrogens is 256 g/mol. The fourth-order valence-corrected chi connectivity index (χ4v) is 4.71. The Bertz CT molecular complexity index is 313. The van der Waals surface area contributed by atoms with E-state index in [1.54, 1.807) is 0 Å². The van der Waals surface area contributed by atoms with Gasteiger partial charge in [-0.15, -0.1) is 0 Å². The summed E-state index contributed by atoms with van der Waals surface area (Å²) in [5, 5.41) is 0. The number of rotatable bonds is 3. The van der Waals surface area contributed by atoms with Crippen molar-refractivity contribution in [3.8, 4) is 0 Å². The van der Waals surface area contributed by atoms with Gasteiger partial charge in [0.15, 0.2) is 0 Å². The number of piperidine rings is 1. The Hall–Kier alpha value is -0.0800. The van der Waals surface area contributed by atoms with Crippen LogP contribution in [0.25, 0.3) is 0 Å². The quantitative estimate of drug-likeness (QED) is 0.841. The van der Waals surface area contributed by atoms with Gasteiger partial charge in [-0.3, -0.25) is 4.90 Å². The number of likely N-dealkylation sites (tertiary alicyclic amines) is 1. The first kappa shape index (κ1) is 17.3. The summed E-state index contributed by atoms with van der Waals surface area (Å²) >= 11 is 0. The van der Waals surface area contributed by atoms with E-state index in [1.165, 1.54) is 51.6 Å². The highest BCUT2D eigenvalue weighted by molar-refractivity contribution is 4.99. The minimum atomic E-state index is 0.323. The highest BCUT2D eigenvalue weighted by Crippen LogP contribution is 2.44. The number of hydrogen-bond acceptors (Lipinski definition) is 2. The summed E-state index contributed by atoms with van der Waals surface area (Å²) in [7, 11) is 0. The smallest absolute Gasteiger partial charge is 0.0331 e. The average molecular weight is 295 g/mol. The molecule has 0 bridgehead atoms. The van der Waals surface area contributed by atoms with E-state index >= 15 is 0 Å². The molecule has 0 spiro atoms. The summed E-state index contributed by atoms with van der Waals surface area (Å²) in [5.74, 6) is 2.66. The maximum absolute atomic E-state index is 6.28. The van der Waals surface area contributed by atoms with E-state index in [0.717, 1.165) is 24.3 Å². The molecule has 0 aromatic heterocycles. The van der Waals surface area contributed by atoms with E-state index in [4.69, 9.17) is 5.73 Å². The molecule has 2 aliphatic rings. The lowest BCUT2D eigenvalue weighted by Crippen LogP contribution is -2.58.